The SMILES string of the molecule is CN1CC=C(Oc2ccccc2Cl)CC1. The first-order valence-electron chi connectivity index (χ1n) is 5.05. The lowest BCUT2D eigenvalue weighted by Crippen LogP contribution is -2.25. The summed E-state index contributed by atoms with van der Waals surface area (Å²) in [5.41, 5.74) is 0. The van der Waals surface area contributed by atoms with Crippen molar-refractivity contribution in [3.05, 3.63) is 41.1 Å². The van der Waals surface area contributed by atoms with Crippen molar-refractivity contribution in [2.24, 2.45) is 0 Å². The number of halogens is 1. The number of likely N-dealkylation sites (N-methyl/N-ethyl adjacent to an activating group) is 1. The highest BCUT2D eigenvalue weighted by molar-refractivity contribution is 6.32. The van der Waals surface area contributed by atoms with Crippen molar-refractivity contribution in [1.29, 1.82) is 0 Å². The minimum absolute atomic E-state index is 0.664. The van der Waals surface area contributed by atoms with Gasteiger partial charge in [0.1, 0.15) is 11.5 Å². The third kappa shape index (κ3) is 2.74. The van der Waals surface area contributed by atoms with E-state index in [4.69, 9.17) is 16.3 Å². The summed E-state index contributed by atoms with van der Waals surface area (Å²) >= 11 is 6.01. The van der Waals surface area contributed by atoms with E-state index in [1.807, 2.05) is 24.3 Å². The highest BCUT2D eigenvalue weighted by Crippen LogP contribution is 2.26. The molecule has 0 fully saturated rings. The van der Waals surface area contributed by atoms with Crippen LogP contribution in [-0.2, 0) is 0 Å². The molecule has 0 bridgehead atoms. The number of nitrogens with zero attached hydrogens (tertiary/aromatic N) is 1. The average Bonchev–Trinajstić information content (AvgIpc) is 2.25. The molecular formula is C12H14ClNO. The Kier molecular flexibility index (Phi) is 3.29. The number of rotatable bonds is 2. The maximum absolute atomic E-state index is 6.01. The monoisotopic (exact) mass is 223 g/mol. The van der Waals surface area contributed by atoms with Gasteiger partial charge in [-0.3, -0.25) is 0 Å². The molecule has 2 nitrogen and oxygen atoms in total. The Morgan fingerprint density at radius 3 is 2.80 bits per heavy atom. The molecule has 1 aliphatic rings. The molecule has 15 heavy (non-hydrogen) atoms. The Bertz CT molecular complexity index is 376. The summed E-state index contributed by atoms with van der Waals surface area (Å²) in [6.45, 7) is 1.98. The summed E-state index contributed by atoms with van der Waals surface area (Å²) in [7, 11) is 2.10. The predicted octanol–water partition coefficient (Wildman–Crippen LogP) is 2.94. The first kappa shape index (κ1) is 10.5. The van der Waals surface area contributed by atoms with Gasteiger partial charge >= 0.3 is 0 Å². The normalized spacial score (nSPS) is 17.3. The van der Waals surface area contributed by atoms with E-state index in [0.717, 1.165) is 31.0 Å². The van der Waals surface area contributed by atoms with E-state index in [0.29, 0.717) is 5.02 Å². The summed E-state index contributed by atoms with van der Waals surface area (Å²) in [5.74, 6) is 1.76. The molecule has 0 atom stereocenters. The fourth-order valence-electron chi connectivity index (χ4n) is 1.51. The van der Waals surface area contributed by atoms with E-state index in [2.05, 4.69) is 18.0 Å². The second-order valence-electron chi connectivity index (χ2n) is 3.72. The average molecular weight is 224 g/mol. The molecule has 1 aromatic rings. The molecular weight excluding hydrogens is 210 g/mol. The Labute approximate surface area is 95.1 Å². The van der Waals surface area contributed by atoms with Crippen molar-refractivity contribution < 1.29 is 4.74 Å². The fraction of sp³-hybridized carbons (Fsp3) is 0.333. The molecule has 1 heterocycles. The fourth-order valence-corrected chi connectivity index (χ4v) is 1.69. The molecule has 3 heteroatoms. The van der Waals surface area contributed by atoms with Crippen LogP contribution in [0.1, 0.15) is 6.42 Å². The quantitative estimate of drug-likeness (QED) is 0.765. The van der Waals surface area contributed by atoms with Gasteiger partial charge in [0.25, 0.3) is 0 Å². The zero-order chi connectivity index (χ0) is 10.7. The lowest BCUT2D eigenvalue weighted by molar-refractivity contribution is 0.303. The van der Waals surface area contributed by atoms with Crippen LogP contribution < -0.4 is 4.74 Å². The van der Waals surface area contributed by atoms with Gasteiger partial charge in [-0.2, -0.15) is 0 Å². The summed E-state index contributed by atoms with van der Waals surface area (Å²) in [6, 6.07) is 7.56. The number of hydrogen-bond acceptors (Lipinski definition) is 2. The zero-order valence-corrected chi connectivity index (χ0v) is 9.50. The van der Waals surface area contributed by atoms with Gasteiger partial charge in [0, 0.05) is 19.5 Å². The molecule has 0 saturated carbocycles. The summed E-state index contributed by atoms with van der Waals surface area (Å²) < 4.78 is 5.74. The van der Waals surface area contributed by atoms with Crippen LogP contribution in [0, 0.1) is 0 Å². The predicted molar refractivity (Wildman–Crippen MR) is 62.3 cm³/mol. The van der Waals surface area contributed by atoms with E-state index in [1.54, 1.807) is 0 Å². The van der Waals surface area contributed by atoms with Crippen LogP contribution in [0.5, 0.6) is 5.75 Å². The lowest BCUT2D eigenvalue weighted by atomic mass is 10.2. The van der Waals surface area contributed by atoms with E-state index >= 15 is 0 Å². The van der Waals surface area contributed by atoms with Gasteiger partial charge < -0.3 is 9.64 Å². The Hall–Kier alpha value is -0.990. The molecule has 1 aliphatic heterocycles. The van der Waals surface area contributed by atoms with Crippen LogP contribution in [0.3, 0.4) is 0 Å². The van der Waals surface area contributed by atoms with Crippen molar-refractivity contribution in [2.75, 3.05) is 20.1 Å². The van der Waals surface area contributed by atoms with Gasteiger partial charge in [-0.25, -0.2) is 0 Å². The van der Waals surface area contributed by atoms with Crippen molar-refractivity contribution in [3.8, 4) is 5.75 Å². The van der Waals surface area contributed by atoms with Gasteiger partial charge in [-0.15, -0.1) is 0 Å². The van der Waals surface area contributed by atoms with E-state index in [9.17, 15) is 0 Å². The first-order valence-corrected chi connectivity index (χ1v) is 5.43. The number of hydrogen-bond donors (Lipinski definition) is 0. The van der Waals surface area contributed by atoms with Crippen molar-refractivity contribution >= 4 is 11.6 Å². The summed E-state index contributed by atoms with van der Waals surface area (Å²) in [4.78, 5) is 2.25. The summed E-state index contributed by atoms with van der Waals surface area (Å²) in [5, 5.41) is 0.664. The second-order valence-corrected chi connectivity index (χ2v) is 4.12. The van der Waals surface area contributed by atoms with E-state index in [-0.39, 0.29) is 0 Å². The van der Waals surface area contributed by atoms with Crippen LogP contribution in [0.25, 0.3) is 0 Å². The summed E-state index contributed by atoms with van der Waals surface area (Å²) in [6.07, 6.45) is 3.05. The molecule has 0 saturated heterocycles. The highest BCUT2D eigenvalue weighted by atomic mass is 35.5. The van der Waals surface area contributed by atoms with Crippen molar-refractivity contribution in [3.63, 3.8) is 0 Å². The molecule has 0 radical (unpaired) electrons. The molecule has 0 aliphatic carbocycles. The van der Waals surface area contributed by atoms with Crippen LogP contribution in [0.15, 0.2) is 36.1 Å². The largest absolute Gasteiger partial charge is 0.460 e. The van der Waals surface area contributed by atoms with Gasteiger partial charge in [0.15, 0.2) is 0 Å². The van der Waals surface area contributed by atoms with Gasteiger partial charge in [-0.05, 0) is 25.3 Å². The standard InChI is InChI=1S/C12H14ClNO/c1-14-8-6-10(7-9-14)15-12-5-3-2-4-11(12)13/h2-6H,7-9H2,1H3. The smallest absolute Gasteiger partial charge is 0.145 e. The Morgan fingerprint density at radius 2 is 2.13 bits per heavy atom. The van der Waals surface area contributed by atoms with Crippen LogP contribution >= 0.6 is 11.6 Å². The van der Waals surface area contributed by atoms with Crippen LogP contribution in [-0.4, -0.2) is 25.0 Å². The molecule has 80 valence electrons. The highest BCUT2D eigenvalue weighted by Gasteiger charge is 2.10. The van der Waals surface area contributed by atoms with Crippen molar-refractivity contribution in [1.82, 2.24) is 4.90 Å². The zero-order valence-electron chi connectivity index (χ0n) is 8.74. The minimum Gasteiger partial charge on any atom is -0.460 e. The molecule has 1 aromatic carbocycles. The van der Waals surface area contributed by atoms with Gasteiger partial charge in [0.2, 0.25) is 0 Å². The molecule has 2 rings (SSSR count). The minimum atomic E-state index is 0.664. The van der Waals surface area contributed by atoms with Crippen molar-refractivity contribution in [2.45, 2.75) is 6.42 Å². The van der Waals surface area contributed by atoms with Gasteiger partial charge in [0.05, 0.1) is 5.02 Å². The number of para-hydroxylation sites is 1. The van der Waals surface area contributed by atoms with E-state index < -0.39 is 0 Å². The lowest BCUT2D eigenvalue weighted by Gasteiger charge is -2.22. The number of benzene rings is 1. The van der Waals surface area contributed by atoms with E-state index in [1.165, 1.54) is 0 Å². The maximum atomic E-state index is 6.01. The number of ether oxygens (including phenoxy) is 1. The molecule has 0 amide bonds. The molecule has 0 N–H and O–H groups in total. The second kappa shape index (κ2) is 4.69. The maximum Gasteiger partial charge on any atom is 0.145 e. The van der Waals surface area contributed by atoms with Gasteiger partial charge in [-0.1, -0.05) is 23.7 Å². The van der Waals surface area contributed by atoms with Crippen LogP contribution in [0.4, 0.5) is 0 Å². The third-order valence-corrected chi connectivity index (χ3v) is 2.76. The third-order valence-electron chi connectivity index (χ3n) is 2.45. The Morgan fingerprint density at radius 1 is 1.33 bits per heavy atom. The van der Waals surface area contributed by atoms with Crippen LogP contribution in [0.2, 0.25) is 5.02 Å². The molecule has 0 unspecified atom stereocenters. The molecule has 0 spiro atoms. The first-order chi connectivity index (χ1) is 7.25. The molecule has 0 aromatic heterocycles. The topological polar surface area (TPSA) is 12.5 Å². The Balaban J connectivity index is 2.06.